The molecule has 0 radical (unpaired) electrons. The molecule has 3 N–H and O–H groups in total. The second-order valence-electron chi connectivity index (χ2n) is 6.84. The smallest absolute Gasteiger partial charge is 0.240 e. The third-order valence-corrected chi connectivity index (χ3v) is 6.32. The average molecular weight is 409 g/mol. The monoisotopic (exact) mass is 409 g/mol. The molecule has 0 aliphatic heterocycles. The highest BCUT2D eigenvalue weighted by Gasteiger charge is 2.25. The molecule has 0 amide bonds. The Kier molecular flexibility index (Phi) is 5.08. The van der Waals surface area contributed by atoms with Gasteiger partial charge in [0, 0.05) is 29.6 Å². The van der Waals surface area contributed by atoms with E-state index in [1.807, 2.05) is 0 Å². The molecule has 0 saturated heterocycles. The number of hydrogen-bond donors (Lipinski definition) is 2. The van der Waals surface area contributed by atoms with Gasteiger partial charge in [-0.25, -0.2) is 23.1 Å². The lowest BCUT2D eigenvalue weighted by Crippen LogP contribution is -2.39. The Bertz CT molecular complexity index is 1160. The van der Waals surface area contributed by atoms with Crippen LogP contribution in [0.2, 0.25) is 0 Å². The van der Waals surface area contributed by atoms with E-state index in [0.717, 1.165) is 19.3 Å². The maximum absolute atomic E-state index is 12.7. The summed E-state index contributed by atoms with van der Waals surface area (Å²) < 4.78 is 27.9. The molecule has 2 aromatic heterocycles. The first-order chi connectivity index (χ1) is 13.9. The number of nitrogen functional groups attached to an aromatic ring is 1. The highest BCUT2D eigenvalue weighted by atomic mass is 32.2. The van der Waals surface area contributed by atoms with Gasteiger partial charge in [0.1, 0.15) is 0 Å². The number of carbonyl (C=O) groups is 1. The lowest BCUT2D eigenvalue weighted by atomic mass is 9.94. The van der Waals surface area contributed by atoms with Gasteiger partial charge >= 0.3 is 0 Å². The second-order valence-corrected chi connectivity index (χ2v) is 8.55. The van der Waals surface area contributed by atoms with Gasteiger partial charge in [0.15, 0.2) is 11.5 Å². The molecular weight excluding hydrogens is 390 g/mol. The van der Waals surface area contributed by atoms with Gasteiger partial charge in [-0.1, -0.05) is 18.6 Å². The van der Waals surface area contributed by atoms with Crippen LogP contribution >= 0.6 is 0 Å². The van der Waals surface area contributed by atoms with Gasteiger partial charge in [0.25, 0.3) is 0 Å². The Morgan fingerprint density at radius 2 is 1.97 bits per heavy atom. The SMILES string of the molecule is Nc1ncc(-c2cccc(S(=O)(=O)NC3CCC3)c2)nc1C(=O)c1cccnc1. The molecular formula is C20H19N5O3S. The van der Waals surface area contributed by atoms with Gasteiger partial charge in [-0.15, -0.1) is 0 Å². The highest BCUT2D eigenvalue weighted by Crippen LogP contribution is 2.25. The summed E-state index contributed by atoms with van der Waals surface area (Å²) in [4.78, 5) is 25.2. The standard InChI is InChI=1S/C20H19N5O3S/c21-20-18(19(26)14-5-3-9-22-11-14)24-17(12-23-20)13-4-1-8-16(10-13)29(27,28)25-15-6-2-7-15/h1,3-5,8-12,15,25H,2,6-7H2,(H2,21,23). The van der Waals surface area contributed by atoms with Gasteiger partial charge in [0.2, 0.25) is 15.8 Å². The van der Waals surface area contributed by atoms with Crippen molar-refractivity contribution in [2.75, 3.05) is 5.73 Å². The predicted molar refractivity (Wildman–Crippen MR) is 108 cm³/mol. The van der Waals surface area contributed by atoms with Crippen LogP contribution in [-0.4, -0.2) is 35.2 Å². The van der Waals surface area contributed by atoms with E-state index in [2.05, 4.69) is 19.7 Å². The highest BCUT2D eigenvalue weighted by molar-refractivity contribution is 7.89. The van der Waals surface area contributed by atoms with E-state index in [1.54, 1.807) is 30.5 Å². The van der Waals surface area contributed by atoms with Crippen LogP contribution in [0, 0.1) is 0 Å². The largest absolute Gasteiger partial charge is 0.382 e. The molecule has 0 atom stereocenters. The lowest BCUT2D eigenvalue weighted by Gasteiger charge is -2.26. The van der Waals surface area contributed by atoms with E-state index in [-0.39, 0.29) is 22.4 Å². The first-order valence-electron chi connectivity index (χ1n) is 9.14. The predicted octanol–water partition coefficient (Wildman–Crippen LogP) is 2.18. The van der Waals surface area contributed by atoms with E-state index < -0.39 is 15.8 Å². The number of hydrogen-bond acceptors (Lipinski definition) is 7. The molecule has 0 unspecified atom stereocenters. The Balaban J connectivity index is 1.68. The summed E-state index contributed by atoms with van der Waals surface area (Å²) in [5.74, 6) is -0.404. The van der Waals surface area contributed by atoms with E-state index in [9.17, 15) is 13.2 Å². The number of sulfonamides is 1. The maximum Gasteiger partial charge on any atom is 0.240 e. The molecule has 1 aliphatic rings. The molecule has 8 nitrogen and oxygen atoms in total. The van der Waals surface area contributed by atoms with Crippen LogP contribution in [-0.2, 0) is 10.0 Å². The summed E-state index contributed by atoms with van der Waals surface area (Å²) >= 11 is 0. The number of nitrogens with one attached hydrogen (secondary N) is 1. The van der Waals surface area contributed by atoms with Crippen molar-refractivity contribution in [1.29, 1.82) is 0 Å². The first-order valence-corrected chi connectivity index (χ1v) is 10.6. The van der Waals surface area contributed by atoms with Gasteiger partial charge in [-0.2, -0.15) is 0 Å². The number of aromatic nitrogens is 3. The molecule has 9 heteroatoms. The van der Waals surface area contributed by atoms with E-state index in [0.29, 0.717) is 16.8 Å². The summed E-state index contributed by atoms with van der Waals surface area (Å²) in [6, 6.07) is 9.62. The van der Waals surface area contributed by atoms with Crippen LogP contribution < -0.4 is 10.5 Å². The molecule has 1 aliphatic carbocycles. The van der Waals surface area contributed by atoms with Crippen molar-refractivity contribution in [3.05, 3.63) is 66.2 Å². The molecule has 0 spiro atoms. The van der Waals surface area contributed by atoms with Gasteiger partial charge < -0.3 is 5.73 Å². The van der Waals surface area contributed by atoms with Crippen LogP contribution in [0.5, 0.6) is 0 Å². The summed E-state index contributed by atoms with van der Waals surface area (Å²) in [5.41, 5.74) is 7.07. The Hall–Kier alpha value is -3.17. The third kappa shape index (κ3) is 4.01. The molecule has 1 aromatic carbocycles. The maximum atomic E-state index is 12.7. The van der Waals surface area contributed by atoms with Crippen molar-refractivity contribution in [1.82, 2.24) is 19.7 Å². The van der Waals surface area contributed by atoms with Crippen molar-refractivity contribution in [3.63, 3.8) is 0 Å². The minimum Gasteiger partial charge on any atom is -0.382 e. The summed E-state index contributed by atoms with van der Waals surface area (Å²) in [5, 5.41) is 0. The zero-order chi connectivity index (χ0) is 20.4. The van der Waals surface area contributed by atoms with E-state index in [1.165, 1.54) is 24.5 Å². The van der Waals surface area contributed by atoms with Crippen LogP contribution in [0.1, 0.15) is 35.3 Å². The van der Waals surface area contributed by atoms with Crippen molar-refractivity contribution in [2.24, 2.45) is 0 Å². The molecule has 1 saturated carbocycles. The fourth-order valence-corrected chi connectivity index (χ4v) is 4.32. The van der Waals surface area contributed by atoms with Crippen molar-refractivity contribution in [3.8, 4) is 11.3 Å². The molecule has 2 heterocycles. The minimum atomic E-state index is -3.63. The fraction of sp³-hybridized carbons (Fsp3) is 0.200. The van der Waals surface area contributed by atoms with Gasteiger partial charge in [-0.3, -0.25) is 9.78 Å². The fourth-order valence-electron chi connectivity index (χ4n) is 2.97. The van der Waals surface area contributed by atoms with Crippen LogP contribution in [0.15, 0.2) is 59.9 Å². The first kappa shape index (κ1) is 19.2. The van der Waals surface area contributed by atoms with Crippen molar-refractivity contribution >= 4 is 21.6 Å². The van der Waals surface area contributed by atoms with Crippen molar-refractivity contribution < 1.29 is 13.2 Å². The lowest BCUT2D eigenvalue weighted by molar-refractivity contribution is 0.103. The molecule has 1 fully saturated rings. The van der Waals surface area contributed by atoms with Crippen LogP contribution in [0.3, 0.4) is 0 Å². The Morgan fingerprint density at radius 3 is 2.66 bits per heavy atom. The number of anilines is 1. The number of pyridine rings is 1. The third-order valence-electron chi connectivity index (χ3n) is 4.81. The number of ketones is 1. The number of nitrogens with two attached hydrogens (primary N) is 1. The van der Waals surface area contributed by atoms with Gasteiger partial charge in [0.05, 0.1) is 16.8 Å². The molecule has 29 heavy (non-hydrogen) atoms. The average Bonchev–Trinajstić information content (AvgIpc) is 2.71. The summed E-state index contributed by atoms with van der Waals surface area (Å²) in [6.45, 7) is 0. The summed E-state index contributed by atoms with van der Waals surface area (Å²) in [7, 11) is -3.63. The topological polar surface area (TPSA) is 128 Å². The summed E-state index contributed by atoms with van der Waals surface area (Å²) in [6.07, 6.45) is 7.13. The van der Waals surface area contributed by atoms with Crippen LogP contribution in [0.4, 0.5) is 5.82 Å². The Morgan fingerprint density at radius 1 is 1.14 bits per heavy atom. The zero-order valence-electron chi connectivity index (χ0n) is 15.4. The van der Waals surface area contributed by atoms with E-state index in [4.69, 9.17) is 5.73 Å². The molecule has 148 valence electrons. The number of nitrogens with zero attached hydrogens (tertiary/aromatic N) is 3. The molecule has 4 rings (SSSR count). The number of rotatable bonds is 6. The molecule has 3 aromatic rings. The zero-order valence-corrected chi connectivity index (χ0v) is 16.3. The Labute approximate surface area is 168 Å². The van der Waals surface area contributed by atoms with Crippen LogP contribution in [0.25, 0.3) is 11.3 Å². The quantitative estimate of drug-likeness (QED) is 0.597. The molecule has 0 bridgehead atoms. The number of benzene rings is 1. The van der Waals surface area contributed by atoms with E-state index >= 15 is 0 Å². The second kappa shape index (κ2) is 7.69. The number of carbonyl (C=O) groups excluding carboxylic acids is 1. The van der Waals surface area contributed by atoms with Gasteiger partial charge in [-0.05, 0) is 37.1 Å². The minimum absolute atomic E-state index is 0.00182. The normalized spacial score (nSPS) is 14.3. The van der Waals surface area contributed by atoms with Crippen molar-refractivity contribution in [2.45, 2.75) is 30.2 Å².